The Morgan fingerprint density at radius 3 is 2.67 bits per heavy atom. The molecule has 2 aromatic rings. The van der Waals surface area contributed by atoms with Crippen molar-refractivity contribution in [3.05, 3.63) is 52.5 Å². The molecule has 2 aromatic carbocycles. The summed E-state index contributed by atoms with van der Waals surface area (Å²) >= 11 is 3.34. The van der Waals surface area contributed by atoms with E-state index in [-0.39, 0.29) is 0 Å². The van der Waals surface area contributed by atoms with E-state index in [9.17, 15) is 4.79 Å². The van der Waals surface area contributed by atoms with Crippen molar-refractivity contribution in [1.82, 2.24) is 0 Å². The molecule has 0 atom stereocenters. The number of rotatable bonds is 3. The number of halogens is 1. The van der Waals surface area contributed by atoms with Crippen LogP contribution in [0, 0.1) is 0 Å². The summed E-state index contributed by atoms with van der Waals surface area (Å²) in [6.45, 7) is 0. The highest BCUT2D eigenvalue weighted by molar-refractivity contribution is 9.10. The molecule has 4 nitrogen and oxygen atoms in total. The van der Waals surface area contributed by atoms with Gasteiger partial charge in [0.05, 0.1) is 5.69 Å². The molecule has 2 rings (SSSR count). The van der Waals surface area contributed by atoms with Crippen molar-refractivity contribution >= 4 is 27.5 Å². The molecule has 0 saturated heterocycles. The van der Waals surface area contributed by atoms with Crippen molar-refractivity contribution in [3.63, 3.8) is 0 Å². The van der Waals surface area contributed by atoms with E-state index in [2.05, 4.69) is 15.9 Å². The Kier molecular flexibility index (Phi) is 3.53. The fourth-order valence-electron chi connectivity index (χ4n) is 1.44. The number of benzene rings is 2. The number of nitrogens with two attached hydrogens (primary N) is 2. The van der Waals surface area contributed by atoms with Gasteiger partial charge in [-0.3, -0.25) is 4.79 Å². The van der Waals surface area contributed by atoms with Gasteiger partial charge in [0.25, 0.3) is 0 Å². The zero-order chi connectivity index (χ0) is 13.1. The van der Waals surface area contributed by atoms with Gasteiger partial charge in [-0.05, 0) is 36.4 Å². The third kappa shape index (κ3) is 2.81. The molecule has 0 aliphatic rings. The van der Waals surface area contributed by atoms with Gasteiger partial charge in [-0.25, -0.2) is 0 Å². The van der Waals surface area contributed by atoms with Gasteiger partial charge < -0.3 is 16.2 Å². The van der Waals surface area contributed by atoms with Crippen molar-refractivity contribution < 1.29 is 9.53 Å². The molecule has 0 bridgehead atoms. The van der Waals surface area contributed by atoms with Gasteiger partial charge in [-0.1, -0.05) is 22.0 Å². The van der Waals surface area contributed by atoms with E-state index in [1.165, 1.54) is 0 Å². The largest absolute Gasteiger partial charge is 0.455 e. The smallest absolute Gasteiger partial charge is 0.248 e. The normalized spacial score (nSPS) is 10.1. The quantitative estimate of drug-likeness (QED) is 0.856. The zero-order valence-corrected chi connectivity index (χ0v) is 11.0. The molecular formula is C13H11BrN2O2. The lowest BCUT2D eigenvalue weighted by Gasteiger charge is -2.09. The minimum absolute atomic E-state index is 0.390. The zero-order valence-electron chi connectivity index (χ0n) is 9.39. The molecular weight excluding hydrogens is 296 g/mol. The lowest BCUT2D eigenvalue weighted by Crippen LogP contribution is -2.10. The highest BCUT2D eigenvalue weighted by Crippen LogP contribution is 2.30. The predicted octanol–water partition coefficient (Wildman–Crippen LogP) is 2.92. The third-order valence-corrected chi connectivity index (χ3v) is 2.82. The molecule has 0 radical (unpaired) electrons. The van der Waals surface area contributed by atoms with Gasteiger partial charge in [0.2, 0.25) is 5.91 Å². The Balaban J connectivity index is 2.31. The van der Waals surface area contributed by atoms with E-state index in [1.54, 1.807) is 36.4 Å². The van der Waals surface area contributed by atoms with E-state index in [1.807, 2.05) is 6.07 Å². The molecule has 0 fully saturated rings. The number of hydrogen-bond acceptors (Lipinski definition) is 3. The number of primary amides is 1. The average Bonchev–Trinajstić information content (AvgIpc) is 2.34. The fourth-order valence-corrected chi connectivity index (χ4v) is 1.78. The minimum Gasteiger partial charge on any atom is -0.455 e. The number of hydrogen-bond donors (Lipinski definition) is 2. The number of nitrogen functional groups attached to an aromatic ring is 1. The molecule has 0 unspecified atom stereocenters. The van der Waals surface area contributed by atoms with Crippen LogP contribution in [0.15, 0.2) is 46.9 Å². The second-order valence-electron chi connectivity index (χ2n) is 3.68. The highest BCUT2D eigenvalue weighted by Gasteiger charge is 2.05. The van der Waals surface area contributed by atoms with E-state index in [0.29, 0.717) is 22.7 Å². The average molecular weight is 307 g/mol. The van der Waals surface area contributed by atoms with Crippen molar-refractivity contribution in [1.29, 1.82) is 0 Å². The van der Waals surface area contributed by atoms with Crippen molar-refractivity contribution in [3.8, 4) is 11.5 Å². The molecule has 5 heteroatoms. The predicted molar refractivity (Wildman–Crippen MR) is 73.6 cm³/mol. The summed E-state index contributed by atoms with van der Waals surface area (Å²) in [4.78, 5) is 11.1. The van der Waals surface area contributed by atoms with Crippen molar-refractivity contribution in [2.24, 2.45) is 5.73 Å². The number of carbonyl (C=O) groups is 1. The van der Waals surface area contributed by atoms with Gasteiger partial charge in [0.15, 0.2) is 5.75 Å². The lowest BCUT2D eigenvalue weighted by atomic mass is 10.2. The number of amides is 1. The van der Waals surface area contributed by atoms with Crippen LogP contribution < -0.4 is 16.2 Å². The summed E-state index contributed by atoms with van der Waals surface area (Å²) in [5, 5.41) is 0. The SMILES string of the molecule is NC(=O)c1cccc(Oc2cc(Br)ccc2N)c1. The molecule has 0 heterocycles. The summed E-state index contributed by atoms with van der Waals surface area (Å²) in [6.07, 6.45) is 0. The molecule has 0 aromatic heterocycles. The molecule has 0 saturated carbocycles. The summed E-state index contributed by atoms with van der Waals surface area (Å²) in [7, 11) is 0. The van der Waals surface area contributed by atoms with Crippen LogP contribution >= 0.6 is 15.9 Å². The second kappa shape index (κ2) is 5.10. The van der Waals surface area contributed by atoms with Crippen LogP contribution in [0.25, 0.3) is 0 Å². The lowest BCUT2D eigenvalue weighted by molar-refractivity contribution is 0.1000. The number of anilines is 1. The van der Waals surface area contributed by atoms with Crippen molar-refractivity contribution in [2.75, 3.05) is 5.73 Å². The van der Waals surface area contributed by atoms with Gasteiger partial charge in [-0.15, -0.1) is 0 Å². The molecule has 0 spiro atoms. The fraction of sp³-hybridized carbons (Fsp3) is 0. The van der Waals surface area contributed by atoms with Crippen LogP contribution in [0.2, 0.25) is 0 Å². The Bertz CT molecular complexity index is 599. The van der Waals surface area contributed by atoms with Gasteiger partial charge >= 0.3 is 0 Å². The minimum atomic E-state index is -0.498. The number of ether oxygens (including phenoxy) is 1. The van der Waals surface area contributed by atoms with E-state index >= 15 is 0 Å². The van der Waals surface area contributed by atoms with E-state index in [4.69, 9.17) is 16.2 Å². The van der Waals surface area contributed by atoms with Gasteiger partial charge in [0.1, 0.15) is 5.75 Å². The number of carbonyl (C=O) groups excluding carboxylic acids is 1. The maximum Gasteiger partial charge on any atom is 0.248 e. The first kappa shape index (κ1) is 12.4. The Morgan fingerprint density at radius 1 is 1.17 bits per heavy atom. The summed E-state index contributed by atoms with van der Waals surface area (Å²) in [5.41, 5.74) is 11.9. The maximum absolute atomic E-state index is 11.1. The van der Waals surface area contributed by atoms with Crippen LogP contribution in [-0.2, 0) is 0 Å². The van der Waals surface area contributed by atoms with Crippen LogP contribution in [-0.4, -0.2) is 5.91 Å². The first-order chi connectivity index (χ1) is 8.56. The maximum atomic E-state index is 11.1. The molecule has 0 aliphatic heterocycles. The summed E-state index contributed by atoms with van der Waals surface area (Å²) in [6, 6.07) is 11.9. The molecule has 0 aliphatic carbocycles. The Hall–Kier alpha value is -2.01. The molecule has 92 valence electrons. The van der Waals surface area contributed by atoms with Crippen LogP contribution in [0.1, 0.15) is 10.4 Å². The first-order valence-electron chi connectivity index (χ1n) is 5.19. The van der Waals surface area contributed by atoms with Crippen LogP contribution in [0.5, 0.6) is 11.5 Å². The molecule has 4 N–H and O–H groups in total. The van der Waals surface area contributed by atoms with Crippen LogP contribution in [0.3, 0.4) is 0 Å². The van der Waals surface area contributed by atoms with Gasteiger partial charge in [-0.2, -0.15) is 0 Å². The van der Waals surface area contributed by atoms with E-state index < -0.39 is 5.91 Å². The topological polar surface area (TPSA) is 78.3 Å². The Labute approximate surface area is 113 Å². The third-order valence-electron chi connectivity index (χ3n) is 2.32. The highest BCUT2D eigenvalue weighted by atomic mass is 79.9. The second-order valence-corrected chi connectivity index (χ2v) is 4.59. The van der Waals surface area contributed by atoms with Crippen molar-refractivity contribution in [2.45, 2.75) is 0 Å². The summed E-state index contributed by atoms with van der Waals surface area (Å²) in [5.74, 6) is 0.532. The van der Waals surface area contributed by atoms with Crippen LogP contribution in [0.4, 0.5) is 5.69 Å². The summed E-state index contributed by atoms with van der Waals surface area (Å²) < 4.78 is 6.48. The van der Waals surface area contributed by atoms with Gasteiger partial charge in [0, 0.05) is 10.0 Å². The van der Waals surface area contributed by atoms with E-state index in [0.717, 1.165) is 4.47 Å². The molecule has 1 amide bonds. The standard InChI is InChI=1S/C13H11BrN2O2/c14-9-4-5-11(15)12(7-9)18-10-3-1-2-8(6-10)13(16)17/h1-7H,15H2,(H2,16,17). The molecule has 18 heavy (non-hydrogen) atoms. The monoisotopic (exact) mass is 306 g/mol. The Morgan fingerprint density at radius 2 is 1.94 bits per heavy atom. The first-order valence-corrected chi connectivity index (χ1v) is 5.98.